The Hall–Kier alpha value is -1.98. The van der Waals surface area contributed by atoms with E-state index >= 15 is 0 Å². The van der Waals surface area contributed by atoms with Crippen LogP contribution in [0.5, 0.6) is 0 Å². The number of nitrogens with zero attached hydrogens (tertiary/aromatic N) is 2. The smallest absolute Gasteiger partial charge is 0.318 e. The predicted molar refractivity (Wildman–Crippen MR) is 67.8 cm³/mol. The lowest BCUT2D eigenvalue weighted by Gasteiger charge is -2.24. The van der Waals surface area contributed by atoms with Gasteiger partial charge >= 0.3 is 5.97 Å². The highest BCUT2D eigenvalue weighted by Gasteiger charge is 2.31. The molecular weight excluding hydrogens is 287 g/mol. The molecule has 1 N–H and O–H groups in total. The van der Waals surface area contributed by atoms with Crippen LogP contribution in [0.25, 0.3) is 0 Å². The van der Waals surface area contributed by atoms with E-state index in [-0.39, 0.29) is 0 Å². The highest BCUT2D eigenvalue weighted by Crippen LogP contribution is 2.23. The number of aliphatic carboxylic acids is 1. The largest absolute Gasteiger partial charge is 0.480 e. The van der Waals surface area contributed by atoms with Gasteiger partial charge in [-0.1, -0.05) is 6.07 Å². The van der Waals surface area contributed by atoms with E-state index in [1.54, 1.807) is 0 Å². The summed E-state index contributed by atoms with van der Waals surface area (Å²) in [6.07, 6.45) is 0. The molecule has 0 unspecified atom stereocenters. The standard InChI is InChI=1S/C12H13FN2O4S/c1-8(2)15(7-12(16)17)20(18,19)11-5-3-4-10(13)9(11)6-14/h3-5,8H,7H2,1-2H3,(H,16,17). The van der Waals surface area contributed by atoms with E-state index in [0.29, 0.717) is 4.31 Å². The van der Waals surface area contributed by atoms with Crippen LogP contribution in [-0.2, 0) is 14.8 Å². The van der Waals surface area contributed by atoms with E-state index in [2.05, 4.69) is 0 Å². The molecule has 0 amide bonds. The molecule has 0 atom stereocenters. The third kappa shape index (κ3) is 3.12. The summed E-state index contributed by atoms with van der Waals surface area (Å²) in [6.45, 7) is 2.22. The fourth-order valence-electron chi connectivity index (χ4n) is 1.63. The van der Waals surface area contributed by atoms with Gasteiger partial charge in [-0.15, -0.1) is 0 Å². The topological polar surface area (TPSA) is 98.5 Å². The molecule has 1 aromatic rings. The van der Waals surface area contributed by atoms with Crippen molar-refractivity contribution in [2.24, 2.45) is 0 Å². The summed E-state index contributed by atoms with van der Waals surface area (Å²) in [5, 5.41) is 17.7. The van der Waals surface area contributed by atoms with Gasteiger partial charge in [-0.2, -0.15) is 9.57 Å². The Morgan fingerprint density at radius 3 is 2.55 bits per heavy atom. The average molecular weight is 300 g/mol. The van der Waals surface area contributed by atoms with Gasteiger partial charge in [0.25, 0.3) is 0 Å². The van der Waals surface area contributed by atoms with Gasteiger partial charge in [-0.25, -0.2) is 12.8 Å². The van der Waals surface area contributed by atoms with Crippen molar-refractivity contribution in [3.8, 4) is 6.07 Å². The van der Waals surface area contributed by atoms with Crippen molar-refractivity contribution in [2.75, 3.05) is 6.54 Å². The first kappa shape index (κ1) is 16.1. The van der Waals surface area contributed by atoms with E-state index in [0.717, 1.165) is 18.2 Å². The van der Waals surface area contributed by atoms with E-state index in [1.807, 2.05) is 0 Å². The minimum Gasteiger partial charge on any atom is -0.480 e. The van der Waals surface area contributed by atoms with E-state index in [1.165, 1.54) is 19.9 Å². The number of halogens is 1. The molecule has 6 nitrogen and oxygen atoms in total. The molecule has 0 aliphatic rings. The highest BCUT2D eigenvalue weighted by molar-refractivity contribution is 7.89. The lowest BCUT2D eigenvalue weighted by molar-refractivity contribution is -0.137. The van der Waals surface area contributed by atoms with Crippen molar-refractivity contribution in [3.63, 3.8) is 0 Å². The van der Waals surface area contributed by atoms with Crippen LogP contribution >= 0.6 is 0 Å². The molecule has 0 saturated carbocycles. The second kappa shape index (κ2) is 5.98. The number of carboxylic acid groups (broad SMARTS) is 1. The number of hydrogen-bond donors (Lipinski definition) is 1. The molecular formula is C12H13FN2O4S. The minimum absolute atomic E-state index is 0.532. The number of hydrogen-bond acceptors (Lipinski definition) is 4. The Balaban J connectivity index is 3.46. The van der Waals surface area contributed by atoms with Crippen LogP contribution in [0, 0.1) is 17.1 Å². The number of sulfonamides is 1. The molecule has 20 heavy (non-hydrogen) atoms. The zero-order chi connectivity index (χ0) is 15.5. The predicted octanol–water partition coefficient (Wildman–Crippen LogP) is 1.18. The second-order valence-corrected chi connectivity index (χ2v) is 6.12. The monoisotopic (exact) mass is 300 g/mol. The summed E-state index contributed by atoms with van der Waals surface area (Å²) < 4.78 is 39.0. The van der Waals surface area contributed by atoms with E-state index < -0.39 is 44.9 Å². The van der Waals surface area contributed by atoms with E-state index in [4.69, 9.17) is 10.4 Å². The van der Waals surface area contributed by atoms with Crippen molar-refractivity contribution >= 4 is 16.0 Å². The van der Waals surface area contributed by atoms with Crippen LogP contribution in [0.4, 0.5) is 4.39 Å². The van der Waals surface area contributed by atoms with Crippen LogP contribution in [0.15, 0.2) is 23.1 Å². The lowest BCUT2D eigenvalue weighted by Crippen LogP contribution is -2.40. The highest BCUT2D eigenvalue weighted by atomic mass is 32.2. The normalized spacial score (nSPS) is 11.6. The van der Waals surface area contributed by atoms with Crippen LogP contribution in [0.3, 0.4) is 0 Å². The fraction of sp³-hybridized carbons (Fsp3) is 0.333. The van der Waals surface area contributed by atoms with Crippen LogP contribution < -0.4 is 0 Å². The Kier molecular flexibility index (Phi) is 4.81. The number of rotatable bonds is 5. The lowest BCUT2D eigenvalue weighted by atomic mass is 10.2. The fourth-order valence-corrected chi connectivity index (χ4v) is 3.37. The van der Waals surface area contributed by atoms with Crippen LogP contribution in [0.1, 0.15) is 19.4 Å². The third-order valence-electron chi connectivity index (χ3n) is 2.54. The van der Waals surface area contributed by atoms with Gasteiger partial charge in [-0.05, 0) is 26.0 Å². The molecule has 0 radical (unpaired) electrons. The first-order valence-corrected chi connectivity index (χ1v) is 7.08. The maximum atomic E-state index is 13.5. The molecule has 0 aliphatic heterocycles. The molecule has 8 heteroatoms. The number of nitriles is 1. The Labute approximate surface area is 116 Å². The number of carboxylic acids is 1. The van der Waals surface area contributed by atoms with Crippen LogP contribution in [-0.4, -0.2) is 36.4 Å². The summed E-state index contributed by atoms with van der Waals surface area (Å²) >= 11 is 0. The Morgan fingerprint density at radius 2 is 2.10 bits per heavy atom. The molecule has 1 aromatic carbocycles. The summed E-state index contributed by atoms with van der Waals surface area (Å²) in [6, 6.07) is 4.04. The first-order valence-electron chi connectivity index (χ1n) is 5.64. The van der Waals surface area contributed by atoms with Crippen molar-refractivity contribution in [2.45, 2.75) is 24.8 Å². The van der Waals surface area contributed by atoms with Gasteiger partial charge in [0, 0.05) is 6.04 Å². The van der Waals surface area contributed by atoms with E-state index in [9.17, 15) is 17.6 Å². The Morgan fingerprint density at radius 1 is 1.50 bits per heavy atom. The molecule has 0 aromatic heterocycles. The molecule has 0 bridgehead atoms. The summed E-state index contributed by atoms with van der Waals surface area (Å²) in [5.41, 5.74) is -0.622. The maximum Gasteiger partial charge on any atom is 0.318 e. The summed E-state index contributed by atoms with van der Waals surface area (Å²) in [5.74, 6) is -2.30. The molecule has 0 aliphatic carbocycles. The molecule has 1 rings (SSSR count). The molecule has 0 heterocycles. The first-order chi connectivity index (χ1) is 9.21. The number of carbonyl (C=O) groups is 1. The quantitative estimate of drug-likeness (QED) is 0.880. The molecule has 0 saturated heterocycles. The van der Waals surface area contributed by atoms with Gasteiger partial charge < -0.3 is 5.11 Å². The van der Waals surface area contributed by atoms with Gasteiger partial charge in [0.15, 0.2) is 0 Å². The second-order valence-electron chi connectivity index (χ2n) is 4.26. The minimum atomic E-state index is -4.27. The third-order valence-corrected chi connectivity index (χ3v) is 4.61. The molecule has 0 spiro atoms. The van der Waals surface area contributed by atoms with Crippen molar-refractivity contribution in [3.05, 3.63) is 29.6 Å². The zero-order valence-electron chi connectivity index (χ0n) is 10.9. The van der Waals surface area contributed by atoms with Crippen LogP contribution in [0.2, 0.25) is 0 Å². The number of benzene rings is 1. The average Bonchev–Trinajstić information content (AvgIpc) is 2.34. The van der Waals surface area contributed by atoms with Gasteiger partial charge in [-0.3, -0.25) is 4.79 Å². The van der Waals surface area contributed by atoms with Gasteiger partial charge in [0.05, 0.1) is 0 Å². The van der Waals surface area contributed by atoms with Gasteiger partial charge in [0.2, 0.25) is 10.0 Å². The SMILES string of the molecule is CC(C)N(CC(=O)O)S(=O)(=O)c1cccc(F)c1C#N. The van der Waals surface area contributed by atoms with Crippen molar-refractivity contribution in [1.29, 1.82) is 5.26 Å². The Bertz CT molecular complexity index is 665. The van der Waals surface area contributed by atoms with Gasteiger partial charge in [0.1, 0.15) is 28.9 Å². The summed E-state index contributed by atoms with van der Waals surface area (Å²) in [4.78, 5) is 10.2. The van der Waals surface area contributed by atoms with Crippen molar-refractivity contribution in [1.82, 2.24) is 4.31 Å². The van der Waals surface area contributed by atoms with Crippen molar-refractivity contribution < 1.29 is 22.7 Å². The summed E-state index contributed by atoms with van der Waals surface area (Å²) in [7, 11) is -4.27. The molecule has 108 valence electrons. The maximum absolute atomic E-state index is 13.5. The zero-order valence-corrected chi connectivity index (χ0v) is 11.7. The molecule has 0 fully saturated rings.